The summed E-state index contributed by atoms with van der Waals surface area (Å²) < 4.78 is 7.43. The normalized spacial score (nSPS) is 14.3. The predicted molar refractivity (Wildman–Crippen MR) is 167 cm³/mol. The number of nitrogen functional groups attached to an aromatic ring is 2. The number of rotatable bonds is 12. The Morgan fingerprint density at radius 3 is 2.43 bits per heavy atom. The number of pyridine rings is 1. The third kappa shape index (κ3) is 7.30. The molecule has 0 unspecified atom stereocenters. The van der Waals surface area contributed by atoms with Crippen molar-refractivity contribution in [1.82, 2.24) is 24.8 Å². The quantitative estimate of drug-likeness (QED) is 0.148. The number of nitrogens with zero attached hydrogens (tertiary/aromatic N) is 3. The van der Waals surface area contributed by atoms with Crippen LogP contribution in [0.5, 0.6) is 5.88 Å². The molecule has 10 nitrogen and oxygen atoms in total. The Labute approximate surface area is 246 Å². The molecule has 222 valence electrons. The lowest BCUT2D eigenvalue weighted by atomic mass is 9.93. The van der Waals surface area contributed by atoms with Gasteiger partial charge in [-0.1, -0.05) is 37.6 Å². The zero-order chi connectivity index (χ0) is 29.5. The summed E-state index contributed by atoms with van der Waals surface area (Å²) in [6.07, 6.45) is 5.19. The summed E-state index contributed by atoms with van der Waals surface area (Å²) in [7, 11) is 0. The summed E-state index contributed by atoms with van der Waals surface area (Å²) in [4.78, 5) is 34.7. The molecule has 42 heavy (non-hydrogen) atoms. The Hall–Kier alpha value is -4.31. The van der Waals surface area contributed by atoms with E-state index in [-0.39, 0.29) is 17.4 Å². The molecule has 0 saturated carbocycles. The summed E-state index contributed by atoms with van der Waals surface area (Å²) >= 11 is 0. The van der Waals surface area contributed by atoms with Crippen LogP contribution in [0.4, 0.5) is 11.5 Å². The van der Waals surface area contributed by atoms with Gasteiger partial charge in [0.25, 0.3) is 5.91 Å². The molecule has 2 aromatic carbocycles. The van der Waals surface area contributed by atoms with Gasteiger partial charge in [-0.25, -0.2) is 4.79 Å². The van der Waals surface area contributed by atoms with E-state index in [9.17, 15) is 9.59 Å². The first kappa shape index (κ1) is 29.2. The van der Waals surface area contributed by atoms with Crippen molar-refractivity contribution >= 4 is 28.4 Å². The van der Waals surface area contributed by atoms with Crippen LogP contribution in [0.25, 0.3) is 11.0 Å². The summed E-state index contributed by atoms with van der Waals surface area (Å²) in [5.41, 5.74) is 16.4. The van der Waals surface area contributed by atoms with Crippen LogP contribution in [-0.2, 0) is 13.1 Å². The number of fused-ring (bicyclic) bond motifs is 1. The molecule has 5 rings (SSSR count). The van der Waals surface area contributed by atoms with E-state index in [1.807, 2.05) is 0 Å². The van der Waals surface area contributed by atoms with Crippen molar-refractivity contribution < 1.29 is 9.53 Å². The van der Waals surface area contributed by atoms with E-state index in [1.54, 1.807) is 34.9 Å². The van der Waals surface area contributed by atoms with E-state index in [1.165, 1.54) is 5.56 Å². The number of likely N-dealkylation sites (tertiary alicyclic amines) is 1. The average molecular weight is 572 g/mol. The number of anilines is 2. The minimum Gasteiger partial charge on any atom is -0.478 e. The van der Waals surface area contributed by atoms with Gasteiger partial charge >= 0.3 is 5.69 Å². The van der Waals surface area contributed by atoms with Crippen LogP contribution in [-0.4, -0.2) is 51.6 Å². The van der Waals surface area contributed by atoms with Crippen LogP contribution in [0.1, 0.15) is 60.5 Å². The van der Waals surface area contributed by atoms with Crippen molar-refractivity contribution in [2.45, 2.75) is 52.1 Å². The fourth-order valence-electron chi connectivity index (χ4n) is 5.45. The molecular weight excluding hydrogens is 530 g/mol. The van der Waals surface area contributed by atoms with E-state index in [4.69, 9.17) is 16.2 Å². The fourth-order valence-corrected chi connectivity index (χ4v) is 5.45. The minimum absolute atomic E-state index is 0.0484. The first-order valence-corrected chi connectivity index (χ1v) is 14.9. The van der Waals surface area contributed by atoms with Gasteiger partial charge in [0.15, 0.2) is 5.82 Å². The number of aromatic nitrogens is 3. The molecule has 0 spiro atoms. The molecule has 1 amide bonds. The number of hydrogen-bond acceptors (Lipinski definition) is 7. The van der Waals surface area contributed by atoms with E-state index >= 15 is 0 Å². The molecule has 0 atom stereocenters. The molecule has 1 aliphatic heterocycles. The molecule has 10 heteroatoms. The van der Waals surface area contributed by atoms with Crippen molar-refractivity contribution in [3.8, 4) is 5.88 Å². The number of imidazole rings is 1. The molecule has 0 bridgehead atoms. The molecule has 1 aliphatic rings. The van der Waals surface area contributed by atoms with Crippen LogP contribution in [0.15, 0.2) is 59.4 Å². The smallest absolute Gasteiger partial charge is 0.326 e. The van der Waals surface area contributed by atoms with Crippen molar-refractivity contribution in [3.63, 3.8) is 0 Å². The highest BCUT2D eigenvalue weighted by Gasteiger charge is 2.20. The van der Waals surface area contributed by atoms with Gasteiger partial charge in [-0.2, -0.15) is 4.98 Å². The summed E-state index contributed by atoms with van der Waals surface area (Å²) in [6, 6.07) is 17.2. The molecule has 1 fully saturated rings. The number of benzene rings is 2. The van der Waals surface area contributed by atoms with E-state index < -0.39 is 0 Å². The number of amides is 1. The maximum absolute atomic E-state index is 12.8. The number of nitrogens with one attached hydrogen (secondary N) is 2. The number of carbonyl (C=O) groups is 1. The van der Waals surface area contributed by atoms with Gasteiger partial charge in [0.2, 0.25) is 5.88 Å². The zero-order valence-corrected chi connectivity index (χ0v) is 24.3. The van der Waals surface area contributed by atoms with Gasteiger partial charge in [-0.3, -0.25) is 14.3 Å². The monoisotopic (exact) mass is 571 g/mol. The number of aromatic amines is 1. The zero-order valence-electron chi connectivity index (χ0n) is 24.3. The number of nitrogens with two attached hydrogens (primary N) is 2. The molecule has 0 radical (unpaired) electrons. The highest BCUT2D eigenvalue weighted by Crippen LogP contribution is 2.24. The predicted octanol–water partition coefficient (Wildman–Crippen LogP) is 4.15. The highest BCUT2D eigenvalue weighted by molar-refractivity contribution is 5.94. The summed E-state index contributed by atoms with van der Waals surface area (Å²) in [6.45, 7) is 6.76. The molecule has 4 aromatic rings. The van der Waals surface area contributed by atoms with Gasteiger partial charge in [0.1, 0.15) is 5.52 Å². The first-order valence-electron chi connectivity index (χ1n) is 14.9. The van der Waals surface area contributed by atoms with Gasteiger partial charge < -0.3 is 26.5 Å². The second-order valence-corrected chi connectivity index (χ2v) is 11.2. The molecule has 3 heterocycles. The van der Waals surface area contributed by atoms with Gasteiger partial charge in [-0.15, -0.1) is 0 Å². The van der Waals surface area contributed by atoms with Gasteiger partial charge in [-0.05, 0) is 80.1 Å². The van der Waals surface area contributed by atoms with Crippen molar-refractivity contribution in [2.75, 3.05) is 37.7 Å². The molecule has 2 aromatic heterocycles. The number of unbranched alkanes of at least 4 members (excludes halogenated alkanes) is 1. The highest BCUT2D eigenvalue weighted by atomic mass is 16.5. The van der Waals surface area contributed by atoms with E-state index in [2.05, 4.69) is 51.4 Å². The van der Waals surface area contributed by atoms with Crippen LogP contribution in [0, 0.1) is 5.92 Å². The van der Waals surface area contributed by atoms with E-state index in [0.29, 0.717) is 53.8 Å². The lowest BCUT2D eigenvalue weighted by molar-refractivity contribution is 0.0947. The van der Waals surface area contributed by atoms with E-state index in [0.717, 1.165) is 57.3 Å². The third-order valence-corrected chi connectivity index (χ3v) is 8.01. The maximum Gasteiger partial charge on any atom is 0.326 e. The summed E-state index contributed by atoms with van der Waals surface area (Å²) in [5.74, 6) is 1.26. The Morgan fingerprint density at radius 2 is 1.74 bits per heavy atom. The van der Waals surface area contributed by atoms with Gasteiger partial charge in [0, 0.05) is 30.4 Å². The number of hydrogen-bond donors (Lipinski definition) is 4. The van der Waals surface area contributed by atoms with Crippen molar-refractivity contribution in [3.05, 3.63) is 81.8 Å². The summed E-state index contributed by atoms with van der Waals surface area (Å²) in [5, 5.41) is 3.03. The fraction of sp³-hybridized carbons (Fsp3) is 0.406. The molecular formula is C32H41N7O3. The third-order valence-electron chi connectivity index (χ3n) is 8.01. The van der Waals surface area contributed by atoms with Crippen LogP contribution >= 0.6 is 0 Å². The average Bonchev–Trinajstić information content (AvgIpc) is 3.30. The Kier molecular flexibility index (Phi) is 9.43. The first-order chi connectivity index (χ1) is 20.4. The SMILES string of the molecule is CCCCOc1cc2c([nH]c(=O)n2Cc2ccc(CN3CCC(CCNC(=O)c4ccc(N)cc4)CC3)cc2)c(N)n1. The Bertz CT molecular complexity index is 1540. The topological polar surface area (TPSA) is 144 Å². The van der Waals surface area contributed by atoms with Crippen molar-refractivity contribution in [1.29, 1.82) is 0 Å². The van der Waals surface area contributed by atoms with Crippen LogP contribution < -0.4 is 27.2 Å². The Morgan fingerprint density at radius 1 is 1.05 bits per heavy atom. The number of carbonyl (C=O) groups excluding carboxylic acids is 1. The largest absolute Gasteiger partial charge is 0.478 e. The Balaban J connectivity index is 1.10. The minimum atomic E-state index is -0.221. The second kappa shape index (κ2) is 13.6. The van der Waals surface area contributed by atoms with Crippen LogP contribution in [0.2, 0.25) is 0 Å². The number of H-pyrrole nitrogens is 1. The second-order valence-electron chi connectivity index (χ2n) is 11.2. The van der Waals surface area contributed by atoms with Gasteiger partial charge in [0.05, 0.1) is 18.7 Å². The van der Waals surface area contributed by atoms with Crippen LogP contribution in [0.3, 0.4) is 0 Å². The number of ether oxygens (including phenoxy) is 1. The lowest BCUT2D eigenvalue weighted by Gasteiger charge is -2.32. The standard InChI is InChI=1S/C32H41N7O3/c1-2-3-18-42-28-19-27-29(30(34)36-28)37-32(41)39(27)21-24-6-4-23(5-7-24)20-38-16-13-22(14-17-38)12-15-35-31(40)25-8-10-26(33)11-9-25/h4-11,19,22H,2-3,12-18,20-21,33H2,1H3,(H2,34,36)(H,35,40)(H,37,41). The molecule has 1 saturated heterocycles. The molecule has 0 aliphatic carbocycles. The molecule has 6 N–H and O–H groups in total. The van der Waals surface area contributed by atoms with Crippen molar-refractivity contribution in [2.24, 2.45) is 5.92 Å². The lowest BCUT2D eigenvalue weighted by Crippen LogP contribution is -2.34. The maximum atomic E-state index is 12.8. The number of piperidine rings is 1.